The number of hydrogen-bond donors (Lipinski definition) is 0. The summed E-state index contributed by atoms with van der Waals surface area (Å²) >= 11 is 0. The molecule has 0 unspecified atom stereocenters. The number of aliphatic imine (C=N–C) groups is 1. The van der Waals surface area contributed by atoms with Crippen LogP contribution >= 0.6 is 0 Å². The smallest absolute Gasteiger partial charge is 0.338 e. The zero-order chi connectivity index (χ0) is 20.7. The Hall–Kier alpha value is -3.35. The molecule has 2 aromatic carbocycles. The Morgan fingerprint density at radius 1 is 1.00 bits per heavy atom. The Labute approximate surface area is 161 Å². The fourth-order valence-corrected chi connectivity index (χ4v) is 2.38. The Bertz CT molecular complexity index is 918. The van der Waals surface area contributed by atoms with Crippen LogP contribution < -0.4 is 0 Å². The van der Waals surface area contributed by atoms with E-state index in [4.69, 9.17) is 9.47 Å². The summed E-state index contributed by atoms with van der Waals surface area (Å²) in [6.45, 7) is 4.69. The summed E-state index contributed by atoms with van der Waals surface area (Å²) in [4.78, 5) is 27.4. The van der Waals surface area contributed by atoms with Gasteiger partial charge >= 0.3 is 11.9 Å². The van der Waals surface area contributed by atoms with Gasteiger partial charge in [0.1, 0.15) is 24.8 Å². The van der Waals surface area contributed by atoms with Gasteiger partial charge in [0, 0.05) is 18.2 Å². The Kier molecular flexibility index (Phi) is 7.14. The van der Waals surface area contributed by atoms with E-state index in [1.807, 2.05) is 0 Å². The van der Waals surface area contributed by atoms with Crippen molar-refractivity contribution in [1.82, 2.24) is 0 Å². The number of hydrogen-bond acceptors (Lipinski definition) is 5. The van der Waals surface area contributed by atoms with Gasteiger partial charge < -0.3 is 9.47 Å². The normalized spacial score (nSPS) is 11.1. The van der Waals surface area contributed by atoms with E-state index in [0.29, 0.717) is 5.56 Å². The first-order valence-electron chi connectivity index (χ1n) is 8.36. The van der Waals surface area contributed by atoms with Crippen molar-refractivity contribution < 1.29 is 27.8 Å². The van der Waals surface area contributed by atoms with E-state index in [9.17, 15) is 18.4 Å². The number of benzene rings is 2. The number of nitrogens with zero attached hydrogens (tertiary/aromatic N) is 1. The highest BCUT2D eigenvalue weighted by molar-refractivity contribution is 6.13. The van der Waals surface area contributed by atoms with E-state index in [-0.39, 0.29) is 35.6 Å². The van der Waals surface area contributed by atoms with E-state index >= 15 is 0 Å². The minimum absolute atomic E-state index is 0.0700. The van der Waals surface area contributed by atoms with E-state index in [1.54, 1.807) is 12.1 Å². The van der Waals surface area contributed by atoms with Gasteiger partial charge in [-0.1, -0.05) is 24.8 Å². The first-order valence-corrected chi connectivity index (χ1v) is 8.36. The van der Waals surface area contributed by atoms with Crippen molar-refractivity contribution in [2.75, 3.05) is 20.3 Å². The minimum Gasteiger partial charge on any atom is -0.459 e. The molecule has 0 aromatic heterocycles. The minimum atomic E-state index is -0.757. The molecule has 0 fully saturated rings. The van der Waals surface area contributed by atoms with E-state index in [1.165, 1.54) is 32.2 Å². The fraction of sp³-hybridized carbons (Fsp3) is 0.190. The summed E-state index contributed by atoms with van der Waals surface area (Å²) in [6.07, 6.45) is 0. The molecule has 0 N–H and O–H groups in total. The zero-order valence-electron chi connectivity index (χ0n) is 15.5. The predicted molar refractivity (Wildman–Crippen MR) is 100 cm³/mol. The van der Waals surface area contributed by atoms with Gasteiger partial charge in [0.2, 0.25) is 0 Å². The van der Waals surface area contributed by atoms with Crippen LogP contribution in [-0.2, 0) is 14.3 Å². The van der Waals surface area contributed by atoms with Gasteiger partial charge in [0.05, 0.1) is 16.8 Å². The number of esters is 2. The van der Waals surface area contributed by atoms with Crippen molar-refractivity contribution in [1.29, 1.82) is 0 Å². The second kappa shape index (κ2) is 9.55. The highest BCUT2D eigenvalue weighted by Crippen LogP contribution is 2.19. The lowest BCUT2D eigenvalue weighted by Gasteiger charge is -2.11. The number of carbonyl (C=O) groups is 2. The average molecular weight is 387 g/mol. The molecule has 0 aliphatic rings. The van der Waals surface area contributed by atoms with Gasteiger partial charge in [-0.2, -0.15) is 0 Å². The lowest BCUT2D eigenvalue weighted by atomic mass is 9.99. The first-order chi connectivity index (χ1) is 13.3. The van der Waals surface area contributed by atoms with Crippen molar-refractivity contribution in [3.63, 3.8) is 0 Å². The van der Waals surface area contributed by atoms with Gasteiger partial charge in [-0.25, -0.2) is 18.4 Å². The highest BCUT2D eigenvalue weighted by Gasteiger charge is 2.18. The fourth-order valence-electron chi connectivity index (χ4n) is 2.38. The molecule has 0 bridgehead atoms. The molecular formula is C21H19F2NO4. The van der Waals surface area contributed by atoms with E-state index in [0.717, 1.165) is 12.1 Å². The Balaban J connectivity index is 2.14. The van der Waals surface area contributed by atoms with Gasteiger partial charge in [-0.15, -0.1) is 0 Å². The van der Waals surface area contributed by atoms with Gasteiger partial charge in [-0.3, -0.25) is 4.99 Å². The molecule has 0 amide bonds. The largest absolute Gasteiger partial charge is 0.459 e. The van der Waals surface area contributed by atoms with Crippen molar-refractivity contribution in [3.05, 3.63) is 82.9 Å². The van der Waals surface area contributed by atoms with E-state index in [2.05, 4.69) is 11.6 Å². The molecule has 0 saturated carbocycles. The first kappa shape index (κ1) is 21.0. The summed E-state index contributed by atoms with van der Waals surface area (Å²) in [5.41, 5.74) is 0.560. The third-order valence-corrected chi connectivity index (χ3v) is 3.69. The Morgan fingerprint density at radius 2 is 1.57 bits per heavy atom. The molecule has 0 saturated heterocycles. The van der Waals surface area contributed by atoms with Crippen LogP contribution in [0.2, 0.25) is 0 Å². The molecule has 2 aromatic rings. The molecule has 146 valence electrons. The molecule has 0 aliphatic heterocycles. The van der Waals surface area contributed by atoms with Crippen molar-refractivity contribution >= 4 is 17.7 Å². The number of carbonyl (C=O) groups excluding carboxylic acids is 2. The molecule has 2 rings (SSSR count). The summed E-state index contributed by atoms with van der Waals surface area (Å²) in [5, 5.41) is 0. The van der Waals surface area contributed by atoms with Crippen LogP contribution in [0.25, 0.3) is 0 Å². The zero-order valence-corrected chi connectivity index (χ0v) is 15.5. The second-order valence-corrected chi connectivity index (χ2v) is 5.80. The third kappa shape index (κ3) is 5.09. The van der Waals surface area contributed by atoms with Crippen LogP contribution in [0.5, 0.6) is 0 Å². The monoisotopic (exact) mass is 387 g/mol. The SMILES string of the molecule is C=C(C)C(=O)OCCOC(=O)c1cccc(/C(=N/C)c2c(F)cccc2F)c1. The lowest BCUT2D eigenvalue weighted by Crippen LogP contribution is -2.15. The molecule has 0 spiro atoms. The summed E-state index contributed by atoms with van der Waals surface area (Å²) in [6, 6.07) is 9.58. The molecule has 28 heavy (non-hydrogen) atoms. The molecule has 7 heteroatoms. The predicted octanol–water partition coefficient (Wildman–Crippen LogP) is 3.71. The van der Waals surface area contributed by atoms with Crippen molar-refractivity contribution in [2.45, 2.75) is 6.92 Å². The van der Waals surface area contributed by atoms with Crippen molar-refractivity contribution in [2.24, 2.45) is 4.99 Å². The number of halogens is 2. The average Bonchev–Trinajstić information content (AvgIpc) is 2.67. The van der Waals surface area contributed by atoms with Crippen LogP contribution in [0, 0.1) is 11.6 Å². The number of ether oxygens (including phenoxy) is 2. The summed E-state index contributed by atoms with van der Waals surface area (Å²) in [5.74, 6) is -2.76. The van der Waals surface area contributed by atoms with Crippen LogP contribution in [0.3, 0.4) is 0 Å². The molecule has 5 nitrogen and oxygen atoms in total. The molecule has 0 radical (unpaired) electrons. The molecule has 0 atom stereocenters. The van der Waals surface area contributed by atoms with Crippen LogP contribution in [-0.4, -0.2) is 37.9 Å². The maximum absolute atomic E-state index is 14.1. The molecular weight excluding hydrogens is 368 g/mol. The lowest BCUT2D eigenvalue weighted by molar-refractivity contribution is -0.140. The van der Waals surface area contributed by atoms with Crippen LogP contribution in [0.1, 0.15) is 28.4 Å². The molecule has 0 aliphatic carbocycles. The van der Waals surface area contributed by atoms with Gasteiger partial charge in [0.15, 0.2) is 0 Å². The maximum Gasteiger partial charge on any atom is 0.338 e. The third-order valence-electron chi connectivity index (χ3n) is 3.69. The Morgan fingerprint density at radius 3 is 2.18 bits per heavy atom. The maximum atomic E-state index is 14.1. The highest BCUT2D eigenvalue weighted by atomic mass is 19.1. The number of rotatable bonds is 7. The van der Waals surface area contributed by atoms with Gasteiger partial charge in [0.25, 0.3) is 0 Å². The topological polar surface area (TPSA) is 65.0 Å². The van der Waals surface area contributed by atoms with Crippen LogP contribution in [0.4, 0.5) is 8.78 Å². The standard InChI is InChI=1S/C21H19F2NO4/c1-13(2)20(25)27-10-11-28-21(26)15-7-4-6-14(12-15)19(24-3)18-16(22)8-5-9-17(18)23/h4-9,12H,1,10-11H2,2-3H3/b24-19-. The second-order valence-electron chi connectivity index (χ2n) is 5.80. The van der Waals surface area contributed by atoms with Crippen molar-refractivity contribution in [3.8, 4) is 0 Å². The quantitative estimate of drug-likeness (QED) is 0.314. The van der Waals surface area contributed by atoms with E-state index < -0.39 is 23.6 Å². The summed E-state index contributed by atoms with van der Waals surface area (Å²) < 4.78 is 38.1. The van der Waals surface area contributed by atoms with Gasteiger partial charge in [-0.05, 0) is 31.2 Å². The summed E-state index contributed by atoms with van der Waals surface area (Å²) in [7, 11) is 1.40. The van der Waals surface area contributed by atoms with Crippen LogP contribution in [0.15, 0.2) is 59.6 Å². The molecule has 0 heterocycles.